The SMILES string of the molecule is Cc1ccc(S(=O)(=O)O[C@H]2CCN(C)C2)cc1. The molecule has 0 bridgehead atoms. The van der Waals surface area contributed by atoms with Gasteiger partial charge >= 0.3 is 0 Å². The van der Waals surface area contributed by atoms with Crippen LogP contribution in [0.3, 0.4) is 0 Å². The predicted octanol–water partition coefficient (Wildman–Crippen LogP) is 1.40. The second kappa shape index (κ2) is 4.76. The third-order valence-electron chi connectivity index (χ3n) is 2.92. The van der Waals surface area contributed by atoms with Gasteiger partial charge in [-0.2, -0.15) is 8.42 Å². The maximum atomic E-state index is 12.0. The molecule has 1 atom stereocenters. The molecular weight excluding hydrogens is 238 g/mol. The highest BCUT2D eigenvalue weighted by Gasteiger charge is 2.26. The van der Waals surface area contributed by atoms with Crippen molar-refractivity contribution in [1.29, 1.82) is 0 Å². The van der Waals surface area contributed by atoms with Crippen LogP contribution in [0.1, 0.15) is 12.0 Å². The quantitative estimate of drug-likeness (QED) is 0.766. The fourth-order valence-electron chi connectivity index (χ4n) is 1.91. The van der Waals surface area contributed by atoms with E-state index >= 15 is 0 Å². The lowest BCUT2D eigenvalue weighted by Crippen LogP contribution is -2.22. The zero-order chi connectivity index (χ0) is 12.5. The Morgan fingerprint density at radius 3 is 2.47 bits per heavy atom. The number of rotatable bonds is 3. The van der Waals surface area contributed by atoms with Crippen LogP contribution in [0.25, 0.3) is 0 Å². The van der Waals surface area contributed by atoms with Gasteiger partial charge in [-0.25, -0.2) is 0 Å². The molecule has 1 aromatic carbocycles. The first-order valence-electron chi connectivity index (χ1n) is 5.66. The van der Waals surface area contributed by atoms with Crippen LogP contribution in [0.2, 0.25) is 0 Å². The van der Waals surface area contributed by atoms with Crippen molar-refractivity contribution in [2.45, 2.75) is 24.3 Å². The Labute approximate surface area is 102 Å². The molecule has 0 aliphatic carbocycles. The van der Waals surface area contributed by atoms with Crippen LogP contribution in [0.15, 0.2) is 29.2 Å². The van der Waals surface area contributed by atoms with Gasteiger partial charge < -0.3 is 4.90 Å². The minimum Gasteiger partial charge on any atom is -0.304 e. The van der Waals surface area contributed by atoms with E-state index < -0.39 is 10.1 Å². The molecule has 0 radical (unpaired) electrons. The third kappa shape index (κ3) is 3.06. The summed E-state index contributed by atoms with van der Waals surface area (Å²) < 4.78 is 29.2. The highest BCUT2D eigenvalue weighted by molar-refractivity contribution is 7.86. The van der Waals surface area contributed by atoms with Crippen molar-refractivity contribution in [1.82, 2.24) is 4.90 Å². The van der Waals surface area contributed by atoms with Gasteiger partial charge in [-0.15, -0.1) is 0 Å². The van der Waals surface area contributed by atoms with Gasteiger partial charge in [-0.1, -0.05) is 17.7 Å². The normalized spacial score (nSPS) is 21.9. The summed E-state index contributed by atoms with van der Waals surface area (Å²) in [5.41, 5.74) is 1.03. The van der Waals surface area contributed by atoms with Crippen molar-refractivity contribution < 1.29 is 12.6 Å². The lowest BCUT2D eigenvalue weighted by molar-refractivity contribution is 0.215. The number of likely N-dealkylation sites (tertiary alicyclic amines) is 1. The Balaban J connectivity index is 2.11. The molecule has 1 aliphatic rings. The smallest absolute Gasteiger partial charge is 0.297 e. The first-order chi connectivity index (χ1) is 7.97. The zero-order valence-corrected chi connectivity index (χ0v) is 10.9. The fourth-order valence-corrected chi connectivity index (χ4v) is 3.01. The van der Waals surface area contributed by atoms with Gasteiger partial charge in [0.05, 0.1) is 11.0 Å². The summed E-state index contributed by atoms with van der Waals surface area (Å²) in [5.74, 6) is 0. The monoisotopic (exact) mass is 255 g/mol. The van der Waals surface area contributed by atoms with Crippen molar-refractivity contribution in [2.24, 2.45) is 0 Å². The van der Waals surface area contributed by atoms with Crippen LogP contribution in [-0.2, 0) is 14.3 Å². The molecule has 2 rings (SSSR count). The molecule has 0 unspecified atom stereocenters. The van der Waals surface area contributed by atoms with Gasteiger partial charge in [0, 0.05) is 13.1 Å². The topological polar surface area (TPSA) is 46.6 Å². The van der Waals surface area contributed by atoms with E-state index in [9.17, 15) is 8.42 Å². The summed E-state index contributed by atoms with van der Waals surface area (Å²) in [6.45, 7) is 3.47. The second-order valence-electron chi connectivity index (χ2n) is 4.54. The Kier molecular flexibility index (Phi) is 3.51. The summed E-state index contributed by atoms with van der Waals surface area (Å²) in [6.07, 6.45) is 0.549. The average Bonchev–Trinajstić information content (AvgIpc) is 2.63. The van der Waals surface area contributed by atoms with Gasteiger partial charge in [0.1, 0.15) is 0 Å². The zero-order valence-electron chi connectivity index (χ0n) is 10.1. The molecule has 5 heteroatoms. The molecule has 1 saturated heterocycles. The fraction of sp³-hybridized carbons (Fsp3) is 0.500. The van der Waals surface area contributed by atoms with Crippen molar-refractivity contribution in [3.63, 3.8) is 0 Å². The number of benzene rings is 1. The van der Waals surface area contributed by atoms with Crippen molar-refractivity contribution in [2.75, 3.05) is 20.1 Å². The van der Waals surface area contributed by atoms with Crippen molar-refractivity contribution in [3.8, 4) is 0 Å². The van der Waals surface area contributed by atoms with Crippen LogP contribution < -0.4 is 0 Å². The number of hydrogen-bond acceptors (Lipinski definition) is 4. The minimum absolute atomic E-state index is 0.216. The van der Waals surface area contributed by atoms with E-state index in [-0.39, 0.29) is 11.0 Å². The van der Waals surface area contributed by atoms with Gasteiger partial charge in [0.2, 0.25) is 0 Å². The van der Waals surface area contributed by atoms with Crippen LogP contribution in [-0.4, -0.2) is 39.6 Å². The maximum absolute atomic E-state index is 12.0. The molecule has 1 fully saturated rings. The molecule has 17 heavy (non-hydrogen) atoms. The van der Waals surface area contributed by atoms with E-state index in [2.05, 4.69) is 4.90 Å². The molecular formula is C12H17NO3S. The summed E-state index contributed by atoms with van der Waals surface area (Å²) in [7, 11) is -1.65. The minimum atomic E-state index is -3.61. The lowest BCUT2D eigenvalue weighted by Gasteiger charge is -2.12. The molecule has 4 nitrogen and oxygen atoms in total. The van der Waals surface area contributed by atoms with Crippen molar-refractivity contribution >= 4 is 10.1 Å². The first-order valence-corrected chi connectivity index (χ1v) is 7.07. The van der Waals surface area contributed by atoms with E-state index in [0.29, 0.717) is 6.54 Å². The second-order valence-corrected chi connectivity index (χ2v) is 6.11. The van der Waals surface area contributed by atoms with Crippen molar-refractivity contribution in [3.05, 3.63) is 29.8 Å². The number of aryl methyl sites for hydroxylation is 1. The summed E-state index contributed by atoms with van der Waals surface area (Å²) in [5, 5.41) is 0. The van der Waals surface area contributed by atoms with Gasteiger partial charge in [0.25, 0.3) is 10.1 Å². The Morgan fingerprint density at radius 1 is 1.29 bits per heavy atom. The van der Waals surface area contributed by atoms with Gasteiger partial charge in [-0.3, -0.25) is 4.18 Å². The Bertz CT molecular complexity index is 481. The van der Waals surface area contributed by atoms with Gasteiger partial charge in [-0.05, 0) is 32.5 Å². The highest BCUT2D eigenvalue weighted by Crippen LogP contribution is 2.19. The van der Waals surface area contributed by atoms with Crippen LogP contribution in [0, 0.1) is 6.92 Å². The molecule has 0 saturated carbocycles. The summed E-state index contributed by atoms with van der Waals surface area (Å²) in [6, 6.07) is 6.72. The van der Waals surface area contributed by atoms with E-state index in [1.165, 1.54) is 0 Å². The van der Waals surface area contributed by atoms with Crippen LogP contribution in [0.5, 0.6) is 0 Å². The van der Waals surface area contributed by atoms with E-state index in [1.807, 2.05) is 14.0 Å². The maximum Gasteiger partial charge on any atom is 0.297 e. The molecule has 1 heterocycles. The average molecular weight is 255 g/mol. The molecule has 94 valence electrons. The number of nitrogens with zero attached hydrogens (tertiary/aromatic N) is 1. The third-order valence-corrected chi connectivity index (χ3v) is 4.30. The number of likely N-dealkylation sites (N-methyl/N-ethyl adjacent to an activating group) is 1. The standard InChI is InChI=1S/C12H17NO3S/c1-10-3-5-12(6-4-10)17(14,15)16-11-7-8-13(2)9-11/h3-6,11H,7-9H2,1-2H3/t11-/m0/s1. The van der Waals surface area contributed by atoms with Crippen LogP contribution >= 0.6 is 0 Å². The molecule has 0 amide bonds. The van der Waals surface area contributed by atoms with E-state index in [4.69, 9.17) is 4.18 Å². The largest absolute Gasteiger partial charge is 0.304 e. The first kappa shape index (κ1) is 12.5. The lowest BCUT2D eigenvalue weighted by atomic mass is 10.2. The molecule has 1 aliphatic heterocycles. The predicted molar refractivity (Wildman–Crippen MR) is 65.4 cm³/mol. The summed E-state index contributed by atoms with van der Waals surface area (Å²) >= 11 is 0. The number of hydrogen-bond donors (Lipinski definition) is 0. The molecule has 0 spiro atoms. The van der Waals surface area contributed by atoms with E-state index in [1.54, 1.807) is 24.3 Å². The Hall–Kier alpha value is -0.910. The van der Waals surface area contributed by atoms with Gasteiger partial charge in [0.15, 0.2) is 0 Å². The highest BCUT2D eigenvalue weighted by atomic mass is 32.2. The molecule has 0 aromatic heterocycles. The Morgan fingerprint density at radius 2 is 1.94 bits per heavy atom. The molecule has 0 N–H and O–H groups in total. The van der Waals surface area contributed by atoms with E-state index in [0.717, 1.165) is 18.5 Å². The summed E-state index contributed by atoms with van der Waals surface area (Å²) in [4.78, 5) is 2.30. The van der Waals surface area contributed by atoms with Crippen LogP contribution in [0.4, 0.5) is 0 Å². The molecule has 1 aromatic rings.